The van der Waals surface area contributed by atoms with Crippen LogP contribution in [0.1, 0.15) is 0 Å². The number of methoxy groups -OCH3 is 1. The number of nitrogens with zero attached hydrogens (tertiary/aromatic N) is 1. The largest absolute Gasteiger partial charge is 0.482 e. The van der Waals surface area contributed by atoms with Crippen molar-refractivity contribution in [1.82, 2.24) is 9.97 Å². The van der Waals surface area contributed by atoms with E-state index in [1.165, 1.54) is 13.3 Å². The summed E-state index contributed by atoms with van der Waals surface area (Å²) < 4.78 is 5.09. The van der Waals surface area contributed by atoms with E-state index < -0.39 is 5.69 Å². The lowest BCUT2D eigenvalue weighted by Gasteiger charge is -2.06. The molecule has 0 amide bonds. The zero-order valence-electron chi connectivity index (χ0n) is 8.23. The average molecular weight is 202 g/mol. The fourth-order valence-corrected chi connectivity index (χ4v) is 1.36. The molecule has 2 aromatic rings. The van der Waals surface area contributed by atoms with Crippen molar-refractivity contribution in [3.05, 3.63) is 47.0 Å². The van der Waals surface area contributed by atoms with E-state index in [0.29, 0.717) is 5.88 Å². The third-order valence-electron chi connectivity index (χ3n) is 2.06. The van der Waals surface area contributed by atoms with Crippen molar-refractivity contribution >= 4 is 0 Å². The topological polar surface area (TPSA) is 55.0 Å². The second-order valence-electron chi connectivity index (χ2n) is 3.00. The Bertz CT molecular complexity index is 505. The lowest BCUT2D eigenvalue weighted by molar-refractivity contribution is 0.397. The molecule has 0 saturated carbocycles. The van der Waals surface area contributed by atoms with Gasteiger partial charge < -0.3 is 4.74 Å². The van der Waals surface area contributed by atoms with Crippen molar-refractivity contribution in [2.75, 3.05) is 7.11 Å². The highest BCUT2D eigenvalue weighted by Crippen LogP contribution is 2.24. The van der Waals surface area contributed by atoms with Gasteiger partial charge in [-0.1, -0.05) is 30.3 Å². The van der Waals surface area contributed by atoms with Crippen LogP contribution in [-0.4, -0.2) is 17.1 Å². The van der Waals surface area contributed by atoms with Crippen molar-refractivity contribution < 1.29 is 4.74 Å². The number of ether oxygens (including phenoxy) is 1. The predicted octanol–water partition coefficient (Wildman–Crippen LogP) is 1.45. The van der Waals surface area contributed by atoms with Gasteiger partial charge >= 0.3 is 5.69 Å². The highest BCUT2D eigenvalue weighted by Gasteiger charge is 2.06. The van der Waals surface area contributed by atoms with Crippen LogP contribution in [0.5, 0.6) is 5.88 Å². The van der Waals surface area contributed by atoms with Gasteiger partial charge in [0.2, 0.25) is 5.88 Å². The van der Waals surface area contributed by atoms with Crippen LogP contribution < -0.4 is 10.4 Å². The van der Waals surface area contributed by atoms with Gasteiger partial charge in [0.25, 0.3) is 0 Å². The highest BCUT2D eigenvalue weighted by molar-refractivity contribution is 5.67. The van der Waals surface area contributed by atoms with Crippen LogP contribution in [0.2, 0.25) is 0 Å². The summed E-state index contributed by atoms with van der Waals surface area (Å²) in [6, 6.07) is 9.62. The summed E-state index contributed by atoms with van der Waals surface area (Å²) in [6.07, 6.45) is 1.51. The SMILES string of the molecule is COc1[nH]c(=O)ncc1-c1ccccc1. The predicted molar refractivity (Wildman–Crippen MR) is 56.8 cm³/mol. The summed E-state index contributed by atoms with van der Waals surface area (Å²) in [5, 5.41) is 0. The molecule has 0 bridgehead atoms. The van der Waals surface area contributed by atoms with Crippen LogP contribution in [0.25, 0.3) is 11.1 Å². The number of hydrogen-bond donors (Lipinski definition) is 1. The van der Waals surface area contributed by atoms with Gasteiger partial charge in [-0.05, 0) is 5.56 Å². The number of aromatic nitrogens is 2. The molecule has 0 saturated heterocycles. The van der Waals surface area contributed by atoms with Crippen molar-refractivity contribution in [3.63, 3.8) is 0 Å². The van der Waals surface area contributed by atoms with Crippen molar-refractivity contribution in [1.29, 1.82) is 0 Å². The van der Waals surface area contributed by atoms with Crippen LogP contribution >= 0.6 is 0 Å². The Morgan fingerprint density at radius 1 is 1.27 bits per heavy atom. The lowest BCUT2D eigenvalue weighted by Crippen LogP contribution is -2.11. The van der Waals surface area contributed by atoms with Crippen LogP contribution in [0, 0.1) is 0 Å². The monoisotopic (exact) mass is 202 g/mol. The first-order valence-corrected chi connectivity index (χ1v) is 4.50. The van der Waals surface area contributed by atoms with E-state index in [2.05, 4.69) is 9.97 Å². The van der Waals surface area contributed by atoms with Crippen molar-refractivity contribution in [2.45, 2.75) is 0 Å². The Morgan fingerprint density at radius 3 is 2.67 bits per heavy atom. The van der Waals surface area contributed by atoms with E-state index in [0.717, 1.165) is 11.1 Å². The molecule has 0 aliphatic rings. The first-order chi connectivity index (χ1) is 7.31. The quantitative estimate of drug-likeness (QED) is 0.801. The van der Waals surface area contributed by atoms with Gasteiger partial charge in [0.15, 0.2) is 0 Å². The van der Waals surface area contributed by atoms with Crippen LogP contribution in [0.4, 0.5) is 0 Å². The molecule has 1 aromatic heterocycles. The number of nitrogens with one attached hydrogen (secondary N) is 1. The molecule has 0 atom stereocenters. The molecular weight excluding hydrogens is 192 g/mol. The fourth-order valence-electron chi connectivity index (χ4n) is 1.36. The normalized spacial score (nSPS) is 9.93. The van der Waals surface area contributed by atoms with Gasteiger partial charge in [-0.25, -0.2) is 9.78 Å². The number of aromatic amines is 1. The Balaban J connectivity index is 2.58. The third-order valence-corrected chi connectivity index (χ3v) is 2.06. The molecule has 4 heteroatoms. The Hall–Kier alpha value is -2.10. The Kier molecular flexibility index (Phi) is 2.49. The van der Waals surface area contributed by atoms with Crippen molar-refractivity contribution in [3.8, 4) is 17.0 Å². The zero-order valence-corrected chi connectivity index (χ0v) is 8.23. The van der Waals surface area contributed by atoms with E-state index in [-0.39, 0.29) is 0 Å². The molecule has 15 heavy (non-hydrogen) atoms. The minimum Gasteiger partial charge on any atom is -0.482 e. The molecule has 0 spiro atoms. The molecule has 0 unspecified atom stereocenters. The van der Waals surface area contributed by atoms with Gasteiger partial charge in [-0.15, -0.1) is 0 Å². The van der Waals surface area contributed by atoms with E-state index in [1.807, 2.05) is 30.3 Å². The van der Waals surface area contributed by atoms with E-state index in [1.54, 1.807) is 0 Å². The first kappa shape index (κ1) is 9.45. The smallest absolute Gasteiger partial charge is 0.347 e. The molecule has 0 radical (unpaired) electrons. The zero-order chi connectivity index (χ0) is 10.7. The molecule has 1 N–H and O–H groups in total. The molecule has 1 heterocycles. The summed E-state index contributed by atoms with van der Waals surface area (Å²) in [7, 11) is 1.51. The summed E-state index contributed by atoms with van der Waals surface area (Å²) in [4.78, 5) is 17.2. The van der Waals surface area contributed by atoms with Crippen LogP contribution in [0.3, 0.4) is 0 Å². The van der Waals surface area contributed by atoms with E-state index >= 15 is 0 Å². The van der Waals surface area contributed by atoms with Gasteiger partial charge in [0.1, 0.15) is 0 Å². The molecular formula is C11H10N2O2. The first-order valence-electron chi connectivity index (χ1n) is 4.50. The number of hydrogen-bond acceptors (Lipinski definition) is 3. The molecule has 1 aromatic carbocycles. The van der Waals surface area contributed by atoms with E-state index in [4.69, 9.17) is 4.74 Å². The van der Waals surface area contributed by atoms with Crippen LogP contribution in [-0.2, 0) is 0 Å². The van der Waals surface area contributed by atoms with E-state index in [9.17, 15) is 4.79 Å². The lowest BCUT2D eigenvalue weighted by atomic mass is 10.1. The van der Waals surface area contributed by atoms with Gasteiger partial charge in [0, 0.05) is 6.20 Å². The minimum absolute atomic E-state index is 0.411. The number of benzene rings is 1. The maximum absolute atomic E-state index is 11.0. The minimum atomic E-state index is -0.411. The number of rotatable bonds is 2. The Morgan fingerprint density at radius 2 is 2.00 bits per heavy atom. The Labute approximate surface area is 86.6 Å². The maximum Gasteiger partial charge on any atom is 0.347 e. The van der Waals surface area contributed by atoms with Gasteiger partial charge in [0.05, 0.1) is 12.7 Å². The fraction of sp³-hybridized carbons (Fsp3) is 0.0909. The molecule has 0 aliphatic carbocycles. The molecule has 4 nitrogen and oxygen atoms in total. The second-order valence-corrected chi connectivity index (χ2v) is 3.00. The molecule has 0 aliphatic heterocycles. The van der Waals surface area contributed by atoms with Gasteiger partial charge in [-0.3, -0.25) is 4.98 Å². The molecule has 0 fully saturated rings. The van der Waals surface area contributed by atoms with Crippen molar-refractivity contribution in [2.24, 2.45) is 0 Å². The molecule has 76 valence electrons. The summed E-state index contributed by atoms with van der Waals surface area (Å²) in [6.45, 7) is 0. The maximum atomic E-state index is 11.0. The van der Waals surface area contributed by atoms with Crippen LogP contribution in [0.15, 0.2) is 41.3 Å². The van der Waals surface area contributed by atoms with Gasteiger partial charge in [-0.2, -0.15) is 0 Å². The second kappa shape index (κ2) is 3.96. The standard InChI is InChI=1S/C11H10N2O2/c1-15-10-9(7-12-11(14)13-10)8-5-3-2-4-6-8/h2-7H,1H3,(H,12,13,14). The third kappa shape index (κ3) is 1.88. The highest BCUT2D eigenvalue weighted by atomic mass is 16.5. The summed E-state index contributed by atoms with van der Waals surface area (Å²) >= 11 is 0. The molecule has 2 rings (SSSR count). The summed E-state index contributed by atoms with van der Waals surface area (Å²) in [5.41, 5.74) is 1.32. The summed E-state index contributed by atoms with van der Waals surface area (Å²) in [5.74, 6) is 0.432. The number of H-pyrrole nitrogens is 1. The average Bonchev–Trinajstić information content (AvgIpc) is 2.30.